The smallest absolute Gasteiger partial charge is 0.239 e. The molecule has 0 unspecified atom stereocenters. The molecule has 5 heteroatoms. The zero-order chi connectivity index (χ0) is 8.97. The Balaban J connectivity index is 2.69. The summed E-state index contributed by atoms with van der Waals surface area (Å²) in [6, 6.07) is 1.67. The van der Waals surface area contributed by atoms with E-state index in [1.165, 1.54) is 6.33 Å². The Labute approximate surface area is 70.0 Å². The lowest BCUT2D eigenvalue weighted by atomic mass is 10.4. The number of aryl methyl sites for hydroxylation is 1. The van der Waals surface area contributed by atoms with Crippen molar-refractivity contribution in [3.63, 3.8) is 0 Å². The number of aromatic nitrogens is 2. The number of carbonyl (C=O) groups is 1. The first-order chi connectivity index (χ1) is 5.72. The Kier molecular flexibility index (Phi) is 2.71. The van der Waals surface area contributed by atoms with Crippen LogP contribution in [-0.4, -0.2) is 22.4 Å². The summed E-state index contributed by atoms with van der Waals surface area (Å²) in [5.41, 5.74) is 5.91. The molecule has 0 aliphatic carbocycles. The van der Waals surface area contributed by atoms with Gasteiger partial charge in [0.1, 0.15) is 12.1 Å². The molecule has 0 aliphatic rings. The van der Waals surface area contributed by atoms with Crippen LogP contribution in [0.25, 0.3) is 0 Å². The molecule has 0 radical (unpaired) electrons. The zero-order valence-electron chi connectivity index (χ0n) is 6.74. The molecule has 0 saturated heterocycles. The summed E-state index contributed by atoms with van der Waals surface area (Å²) in [7, 11) is 0. The van der Waals surface area contributed by atoms with E-state index in [0.29, 0.717) is 5.82 Å². The first kappa shape index (κ1) is 8.61. The molecule has 12 heavy (non-hydrogen) atoms. The van der Waals surface area contributed by atoms with Crippen LogP contribution in [0.1, 0.15) is 5.69 Å². The van der Waals surface area contributed by atoms with Crippen LogP contribution in [0.3, 0.4) is 0 Å². The monoisotopic (exact) mass is 166 g/mol. The van der Waals surface area contributed by atoms with Crippen molar-refractivity contribution in [2.45, 2.75) is 6.92 Å². The molecule has 0 fully saturated rings. The Morgan fingerprint density at radius 3 is 3.00 bits per heavy atom. The largest absolute Gasteiger partial charge is 0.322 e. The van der Waals surface area contributed by atoms with Gasteiger partial charge in [-0.3, -0.25) is 4.79 Å². The van der Waals surface area contributed by atoms with Gasteiger partial charge in [0.2, 0.25) is 5.91 Å². The van der Waals surface area contributed by atoms with E-state index in [9.17, 15) is 4.79 Å². The first-order valence-electron chi connectivity index (χ1n) is 3.51. The summed E-state index contributed by atoms with van der Waals surface area (Å²) in [4.78, 5) is 18.5. The molecule has 5 nitrogen and oxygen atoms in total. The second-order valence-corrected chi connectivity index (χ2v) is 2.30. The number of amides is 1. The number of rotatable bonds is 2. The standard InChI is InChI=1S/C7H10N4O/c1-5-2-6(10-4-9-5)11-7(12)3-8/h2,4H,3,8H2,1H3,(H,9,10,11,12). The van der Waals surface area contributed by atoms with E-state index in [4.69, 9.17) is 5.73 Å². The fourth-order valence-electron chi connectivity index (χ4n) is 0.717. The fraction of sp³-hybridized carbons (Fsp3) is 0.286. The van der Waals surface area contributed by atoms with Crippen LogP contribution in [-0.2, 0) is 4.79 Å². The Bertz CT molecular complexity index is 286. The summed E-state index contributed by atoms with van der Waals surface area (Å²) in [5.74, 6) is 0.228. The topological polar surface area (TPSA) is 80.9 Å². The molecule has 3 N–H and O–H groups in total. The van der Waals surface area contributed by atoms with Crippen molar-refractivity contribution in [1.29, 1.82) is 0 Å². The molecule has 1 rings (SSSR count). The van der Waals surface area contributed by atoms with E-state index < -0.39 is 0 Å². The van der Waals surface area contributed by atoms with Crippen molar-refractivity contribution >= 4 is 11.7 Å². The Hall–Kier alpha value is -1.49. The van der Waals surface area contributed by atoms with E-state index in [2.05, 4.69) is 15.3 Å². The van der Waals surface area contributed by atoms with Gasteiger partial charge in [-0.15, -0.1) is 0 Å². The highest BCUT2D eigenvalue weighted by molar-refractivity contribution is 5.91. The van der Waals surface area contributed by atoms with Crippen molar-refractivity contribution in [3.8, 4) is 0 Å². The van der Waals surface area contributed by atoms with Crippen LogP contribution >= 0.6 is 0 Å². The molecule has 1 heterocycles. The summed E-state index contributed by atoms with van der Waals surface area (Å²) < 4.78 is 0. The maximum atomic E-state index is 10.8. The van der Waals surface area contributed by atoms with Crippen LogP contribution in [0.5, 0.6) is 0 Å². The lowest BCUT2D eigenvalue weighted by molar-refractivity contribution is -0.114. The van der Waals surface area contributed by atoms with Crippen LogP contribution in [0.4, 0.5) is 5.82 Å². The number of nitrogens with zero attached hydrogens (tertiary/aromatic N) is 2. The van der Waals surface area contributed by atoms with Crippen LogP contribution in [0.15, 0.2) is 12.4 Å². The van der Waals surface area contributed by atoms with Gasteiger partial charge in [0.25, 0.3) is 0 Å². The fourth-order valence-corrected chi connectivity index (χ4v) is 0.717. The summed E-state index contributed by atoms with van der Waals surface area (Å²) in [6.07, 6.45) is 1.39. The summed E-state index contributed by atoms with van der Waals surface area (Å²) in [6.45, 7) is 1.78. The SMILES string of the molecule is Cc1cc(NC(=O)CN)ncn1. The quantitative estimate of drug-likeness (QED) is 0.631. The molecule has 1 aromatic heterocycles. The van der Waals surface area contributed by atoms with Crippen LogP contribution in [0, 0.1) is 6.92 Å². The molecule has 0 bridgehead atoms. The Morgan fingerprint density at radius 2 is 2.42 bits per heavy atom. The molecule has 0 spiro atoms. The second-order valence-electron chi connectivity index (χ2n) is 2.30. The zero-order valence-corrected chi connectivity index (χ0v) is 6.74. The van der Waals surface area contributed by atoms with E-state index in [-0.39, 0.29) is 12.5 Å². The molecule has 64 valence electrons. The maximum Gasteiger partial charge on any atom is 0.239 e. The molecule has 0 aromatic carbocycles. The molecule has 1 amide bonds. The molecule has 0 aliphatic heterocycles. The summed E-state index contributed by atoms with van der Waals surface area (Å²) in [5, 5.41) is 2.52. The van der Waals surface area contributed by atoms with Gasteiger partial charge in [-0.2, -0.15) is 0 Å². The first-order valence-corrected chi connectivity index (χ1v) is 3.51. The van der Waals surface area contributed by atoms with Gasteiger partial charge in [0.05, 0.1) is 6.54 Å². The normalized spacial score (nSPS) is 9.50. The summed E-state index contributed by atoms with van der Waals surface area (Å²) >= 11 is 0. The van der Waals surface area contributed by atoms with Gasteiger partial charge in [-0.25, -0.2) is 9.97 Å². The predicted molar refractivity (Wildman–Crippen MR) is 44.5 cm³/mol. The maximum absolute atomic E-state index is 10.8. The number of hydrogen-bond donors (Lipinski definition) is 2. The molecule has 0 saturated carbocycles. The van der Waals surface area contributed by atoms with Gasteiger partial charge in [0.15, 0.2) is 0 Å². The number of nitrogens with two attached hydrogens (primary N) is 1. The third kappa shape index (κ3) is 2.28. The third-order valence-corrected chi connectivity index (χ3v) is 1.26. The number of nitrogens with one attached hydrogen (secondary N) is 1. The highest BCUT2D eigenvalue weighted by Crippen LogP contribution is 2.01. The second kappa shape index (κ2) is 3.77. The average Bonchev–Trinajstić information content (AvgIpc) is 2.04. The van der Waals surface area contributed by atoms with E-state index in [1.807, 2.05) is 6.92 Å². The number of anilines is 1. The van der Waals surface area contributed by atoms with Gasteiger partial charge >= 0.3 is 0 Å². The van der Waals surface area contributed by atoms with Crippen molar-refractivity contribution in [2.24, 2.45) is 5.73 Å². The lowest BCUT2D eigenvalue weighted by Crippen LogP contribution is -2.22. The highest BCUT2D eigenvalue weighted by atomic mass is 16.1. The van der Waals surface area contributed by atoms with Crippen LogP contribution < -0.4 is 11.1 Å². The molecular weight excluding hydrogens is 156 g/mol. The van der Waals surface area contributed by atoms with Gasteiger partial charge in [-0.1, -0.05) is 0 Å². The van der Waals surface area contributed by atoms with Gasteiger partial charge < -0.3 is 11.1 Å². The number of carbonyl (C=O) groups excluding carboxylic acids is 1. The van der Waals surface area contributed by atoms with Crippen molar-refractivity contribution < 1.29 is 4.79 Å². The van der Waals surface area contributed by atoms with Crippen molar-refractivity contribution in [1.82, 2.24) is 9.97 Å². The lowest BCUT2D eigenvalue weighted by Gasteiger charge is -2.01. The minimum atomic E-state index is -0.256. The van der Waals surface area contributed by atoms with Crippen molar-refractivity contribution in [2.75, 3.05) is 11.9 Å². The van der Waals surface area contributed by atoms with Gasteiger partial charge in [-0.05, 0) is 6.92 Å². The predicted octanol–water partition coefficient (Wildman–Crippen LogP) is -0.318. The number of hydrogen-bond acceptors (Lipinski definition) is 4. The molecule has 1 aromatic rings. The average molecular weight is 166 g/mol. The van der Waals surface area contributed by atoms with E-state index in [1.54, 1.807) is 6.07 Å². The van der Waals surface area contributed by atoms with E-state index >= 15 is 0 Å². The minimum Gasteiger partial charge on any atom is -0.322 e. The van der Waals surface area contributed by atoms with E-state index in [0.717, 1.165) is 5.69 Å². The Morgan fingerprint density at radius 1 is 1.67 bits per heavy atom. The third-order valence-electron chi connectivity index (χ3n) is 1.26. The molecule has 0 atom stereocenters. The minimum absolute atomic E-state index is 0.0386. The van der Waals surface area contributed by atoms with Gasteiger partial charge in [0, 0.05) is 11.8 Å². The highest BCUT2D eigenvalue weighted by Gasteiger charge is 1.99. The molecular formula is C7H10N4O. The van der Waals surface area contributed by atoms with Crippen molar-refractivity contribution in [3.05, 3.63) is 18.1 Å². The van der Waals surface area contributed by atoms with Crippen LogP contribution in [0.2, 0.25) is 0 Å².